The number of para-hydroxylation sites is 3. The van der Waals surface area contributed by atoms with E-state index in [0.29, 0.717) is 12.1 Å². The second-order valence-corrected chi connectivity index (χ2v) is 8.21. The molecule has 3 aromatic carbocycles. The number of aryl methyl sites for hydroxylation is 1. The smallest absolute Gasteiger partial charge is 0.253 e. The Bertz CT molecular complexity index is 1430. The van der Waals surface area contributed by atoms with Crippen molar-refractivity contribution in [2.75, 3.05) is 7.05 Å². The Morgan fingerprint density at radius 2 is 1.58 bits per heavy atom. The van der Waals surface area contributed by atoms with Gasteiger partial charge in [0.1, 0.15) is 6.33 Å². The molecule has 33 heavy (non-hydrogen) atoms. The number of aromatic nitrogens is 4. The van der Waals surface area contributed by atoms with Gasteiger partial charge in [0.25, 0.3) is 5.91 Å². The number of fused-ring (bicyclic) bond motifs is 1. The zero-order chi connectivity index (χ0) is 22.9. The SMILES string of the molecule is Cc1nn(-c2ccccc2)c(C)c1CN(C)C(=O)c1ccc(-n2cnc3ccccc32)cc1. The Balaban J connectivity index is 1.36. The molecule has 0 radical (unpaired) electrons. The number of imidazole rings is 1. The first-order valence-corrected chi connectivity index (χ1v) is 10.9. The lowest BCUT2D eigenvalue weighted by atomic mass is 10.1. The quantitative estimate of drug-likeness (QED) is 0.386. The molecule has 0 fully saturated rings. The largest absolute Gasteiger partial charge is 0.337 e. The van der Waals surface area contributed by atoms with Crippen LogP contribution in [0, 0.1) is 13.8 Å². The molecule has 5 aromatic rings. The Hall–Kier alpha value is -4.19. The molecule has 0 saturated heterocycles. The third-order valence-corrected chi connectivity index (χ3v) is 6.03. The number of benzene rings is 3. The van der Waals surface area contributed by atoms with E-state index in [9.17, 15) is 4.79 Å². The summed E-state index contributed by atoms with van der Waals surface area (Å²) in [6.45, 7) is 4.53. The van der Waals surface area contributed by atoms with Gasteiger partial charge in [0, 0.05) is 36.1 Å². The van der Waals surface area contributed by atoms with E-state index in [1.54, 1.807) is 4.90 Å². The van der Waals surface area contributed by atoms with Crippen LogP contribution in [0.15, 0.2) is 85.2 Å². The molecular formula is C27H25N5O. The predicted molar refractivity (Wildman–Crippen MR) is 130 cm³/mol. The van der Waals surface area contributed by atoms with E-state index in [2.05, 4.69) is 4.98 Å². The highest BCUT2D eigenvalue weighted by atomic mass is 16.2. The van der Waals surface area contributed by atoms with Crippen LogP contribution in [0.4, 0.5) is 0 Å². The van der Waals surface area contributed by atoms with E-state index in [4.69, 9.17) is 5.10 Å². The van der Waals surface area contributed by atoms with Gasteiger partial charge in [-0.3, -0.25) is 9.36 Å². The normalized spacial score (nSPS) is 11.1. The van der Waals surface area contributed by atoms with Crippen LogP contribution in [-0.4, -0.2) is 37.2 Å². The molecule has 2 heterocycles. The molecule has 0 aliphatic rings. The van der Waals surface area contributed by atoms with Crippen molar-refractivity contribution in [1.82, 2.24) is 24.2 Å². The van der Waals surface area contributed by atoms with E-state index in [1.165, 1.54) is 0 Å². The van der Waals surface area contributed by atoms with Crippen molar-refractivity contribution in [2.45, 2.75) is 20.4 Å². The average molecular weight is 436 g/mol. The van der Waals surface area contributed by atoms with Gasteiger partial charge >= 0.3 is 0 Å². The molecule has 6 nitrogen and oxygen atoms in total. The number of hydrogen-bond donors (Lipinski definition) is 0. The molecule has 0 bridgehead atoms. The number of nitrogens with zero attached hydrogens (tertiary/aromatic N) is 5. The van der Waals surface area contributed by atoms with Crippen LogP contribution in [0.2, 0.25) is 0 Å². The molecule has 0 aliphatic carbocycles. The minimum Gasteiger partial charge on any atom is -0.337 e. The highest BCUT2D eigenvalue weighted by molar-refractivity contribution is 5.94. The Morgan fingerprint density at radius 3 is 2.33 bits per heavy atom. The van der Waals surface area contributed by atoms with Gasteiger partial charge in [0.2, 0.25) is 0 Å². The molecule has 0 spiro atoms. The van der Waals surface area contributed by atoms with Gasteiger partial charge < -0.3 is 4.90 Å². The number of amides is 1. The zero-order valence-electron chi connectivity index (χ0n) is 18.9. The average Bonchev–Trinajstić information content (AvgIpc) is 3.41. The Labute approximate surface area is 192 Å². The van der Waals surface area contributed by atoms with Crippen molar-refractivity contribution in [3.05, 3.63) is 108 Å². The summed E-state index contributed by atoms with van der Waals surface area (Å²) in [6, 6.07) is 25.7. The fraction of sp³-hybridized carbons (Fsp3) is 0.148. The highest BCUT2D eigenvalue weighted by Crippen LogP contribution is 2.21. The monoisotopic (exact) mass is 435 g/mol. The molecular weight excluding hydrogens is 410 g/mol. The fourth-order valence-corrected chi connectivity index (χ4v) is 4.18. The summed E-state index contributed by atoms with van der Waals surface area (Å²) >= 11 is 0. The summed E-state index contributed by atoms with van der Waals surface area (Å²) in [5.41, 5.74) is 7.65. The highest BCUT2D eigenvalue weighted by Gasteiger charge is 2.18. The summed E-state index contributed by atoms with van der Waals surface area (Å²) in [7, 11) is 1.83. The van der Waals surface area contributed by atoms with Crippen LogP contribution in [0.25, 0.3) is 22.4 Å². The van der Waals surface area contributed by atoms with Crippen LogP contribution < -0.4 is 0 Å². The molecule has 5 rings (SSSR count). The molecule has 0 aliphatic heterocycles. The molecule has 2 aromatic heterocycles. The maximum Gasteiger partial charge on any atom is 0.253 e. The number of carbonyl (C=O) groups is 1. The lowest BCUT2D eigenvalue weighted by molar-refractivity contribution is 0.0785. The van der Waals surface area contributed by atoms with Crippen molar-refractivity contribution < 1.29 is 4.79 Å². The Kier molecular flexibility index (Phi) is 5.26. The van der Waals surface area contributed by atoms with Crippen molar-refractivity contribution in [1.29, 1.82) is 0 Å². The standard InChI is InChI=1S/C27H25N5O/c1-19-24(20(2)32(29-19)23-9-5-4-6-10-23)17-30(3)27(33)21-13-15-22(16-14-21)31-18-28-25-11-7-8-12-26(25)31/h4-16,18H,17H2,1-3H3. The third-order valence-electron chi connectivity index (χ3n) is 6.03. The lowest BCUT2D eigenvalue weighted by Gasteiger charge is -2.18. The molecule has 0 atom stereocenters. The summed E-state index contributed by atoms with van der Waals surface area (Å²) in [5, 5.41) is 4.70. The number of hydrogen-bond acceptors (Lipinski definition) is 3. The molecule has 0 saturated carbocycles. The van der Waals surface area contributed by atoms with Crippen molar-refractivity contribution in [3.8, 4) is 11.4 Å². The molecule has 0 unspecified atom stereocenters. The van der Waals surface area contributed by atoms with Crippen LogP contribution in [0.5, 0.6) is 0 Å². The van der Waals surface area contributed by atoms with Crippen molar-refractivity contribution in [2.24, 2.45) is 0 Å². The minimum atomic E-state index is -0.0247. The van der Waals surface area contributed by atoms with E-state index < -0.39 is 0 Å². The van der Waals surface area contributed by atoms with Gasteiger partial charge in [0.15, 0.2) is 0 Å². The fourth-order valence-electron chi connectivity index (χ4n) is 4.18. The maximum atomic E-state index is 13.1. The number of rotatable bonds is 5. The minimum absolute atomic E-state index is 0.0247. The van der Waals surface area contributed by atoms with Gasteiger partial charge in [-0.1, -0.05) is 30.3 Å². The van der Waals surface area contributed by atoms with E-state index in [1.807, 2.05) is 115 Å². The molecule has 164 valence electrons. The van der Waals surface area contributed by atoms with E-state index in [0.717, 1.165) is 39.4 Å². The van der Waals surface area contributed by atoms with Gasteiger partial charge in [-0.25, -0.2) is 9.67 Å². The summed E-state index contributed by atoms with van der Waals surface area (Å²) in [5.74, 6) is -0.0247. The van der Waals surface area contributed by atoms with Crippen LogP contribution in [0.3, 0.4) is 0 Å². The van der Waals surface area contributed by atoms with Crippen molar-refractivity contribution in [3.63, 3.8) is 0 Å². The second kappa shape index (κ2) is 8.39. The van der Waals surface area contributed by atoms with Crippen LogP contribution in [0.1, 0.15) is 27.3 Å². The summed E-state index contributed by atoms with van der Waals surface area (Å²) in [6.07, 6.45) is 1.81. The predicted octanol–water partition coefficient (Wildman–Crippen LogP) is 5.10. The van der Waals surface area contributed by atoms with Gasteiger partial charge in [0.05, 0.1) is 22.4 Å². The summed E-state index contributed by atoms with van der Waals surface area (Å²) in [4.78, 5) is 19.3. The lowest BCUT2D eigenvalue weighted by Crippen LogP contribution is -2.26. The molecule has 6 heteroatoms. The molecule has 1 amide bonds. The van der Waals surface area contributed by atoms with E-state index in [-0.39, 0.29) is 5.91 Å². The van der Waals surface area contributed by atoms with Gasteiger partial charge in [-0.15, -0.1) is 0 Å². The first kappa shape index (κ1) is 20.7. The van der Waals surface area contributed by atoms with Gasteiger partial charge in [-0.05, 0) is 62.4 Å². The van der Waals surface area contributed by atoms with E-state index >= 15 is 0 Å². The first-order valence-electron chi connectivity index (χ1n) is 10.9. The maximum absolute atomic E-state index is 13.1. The van der Waals surface area contributed by atoms with Crippen LogP contribution >= 0.6 is 0 Å². The van der Waals surface area contributed by atoms with Crippen molar-refractivity contribution >= 4 is 16.9 Å². The Morgan fingerprint density at radius 1 is 0.879 bits per heavy atom. The third kappa shape index (κ3) is 3.80. The molecule has 0 N–H and O–H groups in total. The number of carbonyl (C=O) groups excluding carboxylic acids is 1. The van der Waals surface area contributed by atoms with Gasteiger partial charge in [-0.2, -0.15) is 5.10 Å². The summed E-state index contributed by atoms with van der Waals surface area (Å²) < 4.78 is 3.96. The zero-order valence-corrected chi connectivity index (χ0v) is 18.9. The van der Waals surface area contributed by atoms with Crippen LogP contribution in [-0.2, 0) is 6.54 Å². The first-order chi connectivity index (χ1) is 16.0. The second-order valence-electron chi connectivity index (χ2n) is 8.21. The topological polar surface area (TPSA) is 56.0 Å².